The zero-order valence-electron chi connectivity index (χ0n) is 14.2. The normalized spacial score (nSPS) is 11.0. The molecule has 1 aromatic heterocycles. The lowest BCUT2D eigenvalue weighted by Gasteiger charge is -2.07. The Balaban J connectivity index is 1.79. The maximum absolute atomic E-state index is 12.2. The molecule has 0 atom stereocenters. The third-order valence-corrected chi connectivity index (χ3v) is 4.81. The minimum atomic E-state index is -4.19. The summed E-state index contributed by atoms with van der Waals surface area (Å²) in [5.41, 5.74) is 0.602. The van der Waals surface area contributed by atoms with Gasteiger partial charge in [0, 0.05) is 11.8 Å². The van der Waals surface area contributed by atoms with Crippen LogP contribution in [0.2, 0.25) is 0 Å². The molecule has 0 fully saturated rings. The lowest BCUT2D eigenvalue weighted by molar-refractivity contribution is 0.0994. The Morgan fingerprint density at radius 3 is 2.33 bits per heavy atom. The van der Waals surface area contributed by atoms with Crippen molar-refractivity contribution in [3.63, 3.8) is 0 Å². The molecular weight excluding hydrogens is 370 g/mol. The summed E-state index contributed by atoms with van der Waals surface area (Å²) in [4.78, 5) is 24.1. The maximum Gasteiger partial charge on any atom is 0.339 e. The monoisotopic (exact) mass is 385 g/mol. The van der Waals surface area contributed by atoms with Crippen LogP contribution < -0.4 is 14.9 Å². The van der Waals surface area contributed by atoms with Crippen molar-refractivity contribution in [2.45, 2.75) is 11.8 Å². The van der Waals surface area contributed by atoms with Crippen LogP contribution in [0.5, 0.6) is 5.75 Å². The van der Waals surface area contributed by atoms with Crippen LogP contribution in [0, 0.1) is 6.92 Å². The molecule has 3 aromatic rings. The van der Waals surface area contributed by atoms with E-state index in [1.165, 1.54) is 12.1 Å². The Kier molecular flexibility index (Phi) is 5.09. The molecule has 0 radical (unpaired) electrons. The van der Waals surface area contributed by atoms with Crippen LogP contribution in [0.3, 0.4) is 0 Å². The molecule has 0 aliphatic carbocycles. The fraction of sp³-hybridized carbons (Fsp3) is 0.0526. The van der Waals surface area contributed by atoms with Gasteiger partial charge in [0.25, 0.3) is 5.91 Å². The minimum absolute atomic E-state index is 0.0987. The Morgan fingerprint density at radius 1 is 1.04 bits per heavy atom. The summed E-state index contributed by atoms with van der Waals surface area (Å²) in [6, 6.07) is 15.4. The van der Waals surface area contributed by atoms with E-state index in [9.17, 15) is 18.0 Å². The number of anilines is 1. The first-order valence-electron chi connectivity index (χ1n) is 7.85. The SMILES string of the molecule is Cc1ccc(S(=O)(=O)Oc2coc(C(=O)Nc3ccccc3)cc2=O)cc1. The van der Waals surface area contributed by atoms with E-state index in [0.29, 0.717) is 5.69 Å². The van der Waals surface area contributed by atoms with Crippen LogP contribution in [-0.2, 0) is 10.1 Å². The van der Waals surface area contributed by atoms with Crippen molar-refractivity contribution < 1.29 is 21.8 Å². The molecule has 3 rings (SSSR count). The molecule has 0 unspecified atom stereocenters. The fourth-order valence-corrected chi connectivity index (χ4v) is 3.09. The highest BCUT2D eigenvalue weighted by atomic mass is 32.2. The van der Waals surface area contributed by atoms with E-state index in [4.69, 9.17) is 8.60 Å². The van der Waals surface area contributed by atoms with E-state index in [2.05, 4.69) is 5.32 Å². The van der Waals surface area contributed by atoms with Gasteiger partial charge in [-0.3, -0.25) is 9.59 Å². The van der Waals surface area contributed by atoms with Gasteiger partial charge in [0.05, 0.1) is 0 Å². The second kappa shape index (κ2) is 7.46. The molecule has 0 aliphatic rings. The number of amides is 1. The summed E-state index contributed by atoms with van der Waals surface area (Å²) in [5, 5.41) is 2.55. The van der Waals surface area contributed by atoms with Gasteiger partial charge in [-0.05, 0) is 31.2 Å². The molecule has 1 amide bonds. The number of rotatable bonds is 5. The lowest BCUT2D eigenvalue weighted by atomic mass is 10.2. The number of carbonyl (C=O) groups is 1. The molecule has 0 saturated carbocycles. The molecule has 0 bridgehead atoms. The second-order valence-corrected chi connectivity index (χ2v) is 7.19. The maximum atomic E-state index is 12.2. The van der Waals surface area contributed by atoms with Crippen molar-refractivity contribution in [1.82, 2.24) is 0 Å². The first-order valence-corrected chi connectivity index (χ1v) is 9.26. The summed E-state index contributed by atoms with van der Waals surface area (Å²) >= 11 is 0. The van der Waals surface area contributed by atoms with Crippen molar-refractivity contribution in [1.29, 1.82) is 0 Å². The predicted octanol–water partition coefficient (Wildman–Crippen LogP) is 2.97. The average molecular weight is 385 g/mol. The van der Waals surface area contributed by atoms with E-state index in [1.807, 2.05) is 6.92 Å². The standard InChI is InChI=1S/C19H15NO6S/c1-13-7-9-15(10-8-13)27(23,24)26-18-12-25-17(11-16(18)21)19(22)20-14-5-3-2-4-6-14/h2-12H,1H3,(H,20,22). The number of nitrogens with one attached hydrogen (secondary N) is 1. The number of hydrogen-bond donors (Lipinski definition) is 1. The Labute approximate surface area is 155 Å². The van der Waals surface area contributed by atoms with Gasteiger partial charge in [0.15, 0.2) is 5.76 Å². The highest BCUT2D eigenvalue weighted by molar-refractivity contribution is 7.87. The Morgan fingerprint density at radius 2 is 1.70 bits per heavy atom. The Hall–Kier alpha value is -3.39. The predicted molar refractivity (Wildman–Crippen MR) is 98.4 cm³/mol. The van der Waals surface area contributed by atoms with Crippen LogP contribution in [0.15, 0.2) is 81.0 Å². The van der Waals surface area contributed by atoms with E-state index in [-0.39, 0.29) is 10.7 Å². The number of aryl methyl sites for hydroxylation is 1. The third-order valence-electron chi connectivity index (χ3n) is 3.56. The van der Waals surface area contributed by atoms with Crippen LogP contribution in [0.4, 0.5) is 5.69 Å². The summed E-state index contributed by atoms with van der Waals surface area (Å²) in [5.74, 6) is -1.46. The fourth-order valence-electron chi connectivity index (χ4n) is 2.16. The number of hydrogen-bond acceptors (Lipinski definition) is 6. The largest absolute Gasteiger partial charge is 0.455 e. The molecule has 1 N–H and O–H groups in total. The number of para-hydroxylation sites is 1. The van der Waals surface area contributed by atoms with Crippen LogP contribution in [0.1, 0.15) is 16.1 Å². The summed E-state index contributed by atoms with van der Waals surface area (Å²) in [6.07, 6.45) is 0.800. The first kappa shape index (κ1) is 18.4. The third kappa shape index (κ3) is 4.42. The molecule has 7 nitrogen and oxygen atoms in total. The van der Waals surface area contributed by atoms with Crippen LogP contribution in [0.25, 0.3) is 0 Å². The van der Waals surface area contributed by atoms with Crippen LogP contribution in [-0.4, -0.2) is 14.3 Å². The molecular formula is C19H15NO6S. The van der Waals surface area contributed by atoms with Gasteiger partial charge >= 0.3 is 10.1 Å². The summed E-state index contributed by atoms with van der Waals surface area (Å²) in [7, 11) is -4.19. The van der Waals surface area contributed by atoms with Gasteiger partial charge in [-0.1, -0.05) is 35.9 Å². The minimum Gasteiger partial charge on any atom is -0.455 e. The van der Waals surface area contributed by atoms with Crippen molar-refractivity contribution in [3.05, 3.63) is 88.5 Å². The van der Waals surface area contributed by atoms with Gasteiger partial charge in [0.2, 0.25) is 11.2 Å². The molecule has 2 aromatic carbocycles. The highest BCUT2D eigenvalue weighted by Gasteiger charge is 2.20. The molecule has 27 heavy (non-hydrogen) atoms. The van der Waals surface area contributed by atoms with Crippen LogP contribution >= 0.6 is 0 Å². The molecule has 0 saturated heterocycles. The van der Waals surface area contributed by atoms with Gasteiger partial charge in [0.1, 0.15) is 11.2 Å². The first-order chi connectivity index (χ1) is 12.8. The summed E-state index contributed by atoms with van der Waals surface area (Å²) in [6.45, 7) is 1.81. The average Bonchev–Trinajstić information content (AvgIpc) is 2.64. The zero-order valence-corrected chi connectivity index (χ0v) is 15.0. The molecule has 0 spiro atoms. The number of benzene rings is 2. The topological polar surface area (TPSA) is 103 Å². The van der Waals surface area contributed by atoms with Crippen molar-refractivity contribution in [2.75, 3.05) is 5.32 Å². The molecule has 138 valence electrons. The van der Waals surface area contributed by atoms with Gasteiger partial charge in [-0.25, -0.2) is 0 Å². The zero-order chi connectivity index (χ0) is 19.4. The second-order valence-electron chi connectivity index (χ2n) is 5.64. The number of carbonyl (C=O) groups excluding carboxylic acids is 1. The molecule has 1 heterocycles. The van der Waals surface area contributed by atoms with E-state index < -0.39 is 27.2 Å². The van der Waals surface area contributed by atoms with Gasteiger partial charge < -0.3 is 13.9 Å². The molecule has 8 heteroatoms. The van der Waals surface area contributed by atoms with Gasteiger partial charge in [-0.15, -0.1) is 0 Å². The van der Waals surface area contributed by atoms with Crippen molar-refractivity contribution in [2.24, 2.45) is 0 Å². The highest BCUT2D eigenvalue weighted by Crippen LogP contribution is 2.17. The smallest absolute Gasteiger partial charge is 0.339 e. The van der Waals surface area contributed by atoms with E-state index >= 15 is 0 Å². The molecule has 0 aliphatic heterocycles. The van der Waals surface area contributed by atoms with E-state index in [0.717, 1.165) is 17.9 Å². The van der Waals surface area contributed by atoms with Crippen molar-refractivity contribution >= 4 is 21.7 Å². The quantitative estimate of drug-likeness (QED) is 0.678. The summed E-state index contributed by atoms with van der Waals surface area (Å²) < 4.78 is 34.4. The van der Waals surface area contributed by atoms with Crippen molar-refractivity contribution in [3.8, 4) is 5.75 Å². The Bertz CT molecular complexity index is 1120. The lowest BCUT2D eigenvalue weighted by Crippen LogP contribution is -2.18. The van der Waals surface area contributed by atoms with E-state index in [1.54, 1.807) is 42.5 Å². The van der Waals surface area contributed by atoms with Gasteiger partial charge in [-0.2, -0.15) is 8.42 Å².